The molecule has 1 saturated carbocycles. The van der Waals surface area contributed by atoms with Gasteiger partial charge < -0.3 is 15.3 Å². The number of carboxylic acids is 1. The van der Waals surface area contributed by atoms with Crippen LogP contribution in [0.25, 0.3) is 0 Å². The first-order valence-corrected chi connectivity index (χ1v) is 6.46. The lowest BCUT2D eigenvalue weighted by Gasteiger charge is -2.25. The zero-order valence-electron chi connectivity index (χ0n) is 11.4. The van der Waals surface area contributed by atoms with Crippen molar-refractivity contribution in [3.8, 4) is 0 Å². The van der Waals surface area contributed by atoms with Crippen molar-refractivity contribution in [3.05, 3.63) is 0 Å². The van der Waals surface area contributed by atoms with Gasteiger partial charge in [0, 0.05) is 12.6 Å². The molecule has 0 bridgehead atoms. The molecule has 1 atom stereocenters. The number of aliphatic carboxylic acids is 1. The molecule has 2 N–H and O–H groups in total. The van der Waals surface area contributed by atoms with Crippen molar-refractivity contribution in [3.63, 3.8) is 0 Å². The van der Waals surface area contributed by atoms with Gasteiger partial charge in [-0.15, -0.1) is 0 Å². The Bertz CT molecular complexity index is 367. The van der Waals surface area contributed by atoms with Crippen molar-refractivity contribution in [1.29, 1.82) is 0 Å². The van der Waals surface area contributed by atoms with Crippen LogP contribution in [-0.2, 0) is 4.79 Å². The number of carbonyl (C=O) groups is 2. The van der Waals surface area contributed by atoms with Crippen LogP contribution in [0.5, 0.6) is 0 Å². The van der Waals surface area contributed by atoms with E-state index < -0.39 is 30.6 Å². The van der Waals surface area contributed by atoms with Crippen LogP contribution in [0.2, 0.25) is 0 Å². The standard InChI is InChI=1S/C12H19F3N2O3/c1-7(2)9(10(18)19)5-16-11(20)17(8-3-4-8)6-12(13,14)15/h7-9H,3-6H2,1-2H3,(H,16,20)(H,18,19). The Morgan fingerprint density at radius 3 is 2.25 bits per heavy atom. The summed E-state index contributed by atoms with van der Waals surface area (Å²) in [5, 5.41) is 11.3. The van der Waals surface area contributed by atoms with Gasteiger partial charge in [0.2, 0.25) is 0 Å². The van der Waals surface area contributed by atoms with Gasteiger partial charge in [0.15, 0.2) is 0 Å². The van der Waals surface area contributed by atoms with Crippen molar-refractivity contribution in [2.45, 2.75) is 38.9 Å². The van der Waals surface area contributed by atoms with Crippen LogP contribution in [0.1, 0.15) is 26.7 Å². The number of hydrogen-bond donors (Lipinski definition) is 2. The molecule has 0 radical (unpaired) electrons. The van der Waals surface area contributed by atoms with Crippen LogP contribution >= 0.6 is 0 Å². The summed E-state index contributed by atoms with van der Waals surface area (Å²) in [6, 6.07) is -1.24. The van der Waals surface area contributed by atoms with Gasteiger partial charge in [0.1, 0.15) is 6.54 Å². The first-order valence-electron chi connectivity index (χ1n) is 6.46. The average Bonchev–Trinajstić information content (AvgIpc) is 3.07. The highest BCUT2D eigenvalue weighted by Gasteiger charge is 2.40. The van der Waals surface area contributed by atoms with Gasteiger partial charge in [0.25, 0.3) is 0 Å². The molecule has 1 rings (SSSR count). The van der Waals surface area contributed by atoms with Crippen LogP contribution in [-0.4, -0.2) is 47.3 Å². The van der Waals surface area contributed by atoms with Crippen LogP contribution in [0.3, 0.4) is 0 Å². The van der Waals surface area contributed by atoms with Crippen LogP contribution in [0.4, 0.5) is 18.0 Å². The van der Waals surface area contributed by atoms with E-state index in [0.29, 0.717) is 12.8 Å². The fourth-order valence-electron chi connectivity index (χ4n) is 1.85. The highest BCUT2D eigenvalue weighted by molar-refractivity contribution is 5.76. The molecule has 0 spiro atoms. The molecule has 20 heavy (non-hydrogen) atoms. The lowest BCUT2D eigenvalue weighted by molar-refractivity contribution is -0.144. The number of rotatable bonds is 6. The van der Waals surface area contributed by atoms with E-state index in [0.717, 1.165) is 4.90 Å². The molecule has 0 heterocycles. The lowest BCUT2D eigenvalue weighted by atomic mass is 9.96. The van der Waals surface area contributed by atoms with Gasteiger partial charge in [0.05, 0.1) is 5.92 Å². The third-order valence-corrected chi connectivity index (χ3v) is 3.19. The lowest BCUT2D eigenvalue weighted by Crippen LogP contribution is -2.48. The summed E-state index contributed by atoms with van der Waals surface area (Å²) < 4.78 is 37.2. The second-order valence-electron chi connectivity index (χ2n) is 5.35. The zero-order valence-corrected chi connectivity index (χ0v) is 11.4. The summed E-state index contributed by atoms with van der Waals surface area (Å²) in [6.07, 6.45) is -3.35. The fraction of sp³-hybridized carbons (Fsp3) is 0.833. The molecule has 1 unspecified atom stereocenters. The number of carbonyl (C=O) groups excluding carboxylic acids is 1. The van der Waals surface area contributed by atoms with E-state index in [4.69, 9.17) is 5.11 Å². The second-order valence-corrected chi connectivity index (χ2v) is 5.35. The molecule has 2 amide bonds. The van der Waals surface area contributed by atoms with Crippen molar-refractivity contribution in [2.24, 2.45) is 11.8 Å². The molecule has 5 nitrogen and oxygen atoms in total. The molecule has 0 aromatic heterocycles. The maximum Gasteiger partial charge on any atom is 0.406 e. The van der Waals surface area contributed by atoms with E-state index in [1.54, 1.807) is 13.8 Å². The number of hydrogen-bond acceptors (Lipinski definition) is 2. The Morgan fingerprint density at radius 1 is 1.35 bits per heavy atom. The first kappa shape index (κ1) is 16.6. The van der Waals surface area contributed by atoms with Crippen LogP contribution in [0.15, 0.2) is 0 Å². The van der Waals surface area contributed by atoms with Gasteiger partial charge in [-0.05, 0) is 18.8 Å². The highest BCUT2D eigenvalue weighted by Crippen LogP contribution is 2.30. The number of nitrogens with zero attached hydrogens (tertiary/aromatic N) is 1. The molecular weight excluding hydrogens is 277 g/mol. The van der Waals surface area contributed by atoms with Gasteiger partial charge in [-0.25, -0.2) is 4.79 Å². The second kappa shape index (κ2) is 6.32. The summed E-state index contributed by atoms with van der Waals surface area (Å²) in [4.78, 5) is 23.5. The molecule has 1 aliphatic carbocycles. The summed E-state index contributed by atoms with van der Waals surface area (Å²) in [7, 11) is 0. The number of urea groups is 1. The Labute approximate surface area is 115 Å². The molecule has 1 aliphatic rings. The zero-order chi connectivity index (χ0) is 15.5. The maximum atomic E-state index is 12.4. The number of amides is 2. The van der Waals surface area contributed by atoms with Gasteiger partial charge in [-0.2, -0.15) is 13.2 Å². The summed E-state index contributed by atoms with van der Waals surface area (Å²) in [5.74, 6) is -2.11. The summed E-state index contributed by atoms with van der Waals surface area (Å²) >= 11 is 0. The average molecular weight is 296 g/mol. The van der Waals surface area contributed by atoms with Crippen molar-refractivity contribution < 1.29 is 27.9 Å². The van der Waals surface area contributed by atoms with Crippen LogP contribution < -0.4 is 5.32 Å². The Hall–Kier alpha value is -1.47. The van der Waals surface area contributed by atoms with E-state index in [2.05, 4.69) is 5.32 Å². The summed E-state index contributed by atoms with van der Waals surface area (Å²) in [6.45, 7) is 1.88. The molecule has 1 fully saturated rings. The topological polar surface area (TPSA) is 69.6 Å². The SMILES string of the molecule is CC(C)C(CNC(=O)N(CC(F)(F)F)C1CC1)C(=O)O. The predicted octanol–water partition coefficient (Wildman–Crippen LogP) is 2.08. The van der Waals surface area contributed by atoms with Crippen molar-refractivity contribution >= 4 is 12.0 Å². The quantitative estimate of drug-likeness (QED) is 0.788. The van der Waals surface area contributed by atoms with E-state index in [9.17, 15) is 22.8 Å². The molecule has 0 saturated heterocycles. The highest BCUT2D eigenvalue weighted by atomic mass is 19.4. The number of carboxylic acid groups (broad SMARTS) is 1. The van der Waals surface area contributed by atoms with Gasteiger partial charge in [-0.1, -0.05) is 13.8 Å². The van der Waals surface area contributed by atoms with Crippen LogP contribution in [0, 0.1) is 11.8 Å². The first-order chi connectivity index (χ1) is 9.11. The van der Waals surface area contributed by atoms with Crippen molar-refractivity contribution in [1.82, 2.24) is 10.2 Å². The Kier molecular flexibility index (Phi) is 5.24. The predicted molar refractivity (Wildman–Crippen MR) is 65.1 cm³/mol. The van der Waals surface area contributed by atoms with E-state index in [1.165, 1.54) is 0 Å². The molecule has 116 valence electrons. The van der Waals surface area contributed by atoms with Gasteiger partial charge in [-0.3, -0.25) is 4.79 Å². The smallest absolute Gasteiger partial charge is 0.406 e. The number of alkyl halides is 3. The van der Waals surface area contributed by atoms with E-state index in [1.807, 2.05) is 0 Å². The third kappa shape index (κ3) is 5.26. The molecular formula is C12H19F3N2O3. The summed E-state index contributed by atoms with van der Waals surface area (Å²) in [5.41, 5.74) is 0. The van der Waals surface area contributed by atoms with E-state index >= 15 is 0 Å². The monoisotopic (exact) mass is 296 g/mol. The fourth-order valence-corrected chi connectivity index (χ4v) is 1.85. The normalized spacial score (nSPS) is 16.9. The minimum absolute atomic E-state index is 0.174. The minimum atomic E-state index is -4.45. The molecule has 8 heteroatoms. The Morgan fingerprint density at radius 2 is 1.90 bits per heavy atom. The number of halogens is 3. The molecule has 0 aromatic rings. The Balaban J connectivity index is 2.56. The van der Waals surface area contributed by atoms with Crippen molar-refractivity contribution in [2.75, 3.05) is 13.1 Å². The maximum absolute atomic E-state index is 12.4. The molecule has 0 aliphatic heterocycles. The van der Waals surface area contributed by atoms with Gasteiger partial charge >= 0.3 is 18.2 Å². The van der Waals surface area contributed by atoms with E-state index in [-0.39, 0.29) is 18.5 Å². The number of nitrogens with one attached hydrogen (secondary N) is 1. The molecule has 0 aromatic carbocycles. The largest absolute Gasteiger partial charge is 0.481 e. The minimum Gasteiger partial charge on any atom is -0.481 e. The third-order valence-electron chi connectivity index (χ3n) is 3.19.